The molecule has 3 atom stereocenters. The van der Waals surface area contributed by atoms with E-state index in [9.17, 15) is 4.79 Å². The molecule has 30 heavy (non-hydrogen) atoms. The molecule has 1 aromatic carbocycles. The van der Waals surface area contributed by atoms with Gasteiger partial charge in [0.05, 0.1) is 11.6 Å². The summed E-state index contributed by atoms with van der Waals surface area (Å²) in [5, 5.41) is 16.0. The minimum absolute atomic E-state index is 0.00824. The number of benzene rings is 1. The van der Waals surface area contributed by atoms with Crippen molar-refractivity contribution in [2.75, 3.05) is 41.3 Å². The molecule has 1 fully saturated rings. The second kappa shape index (κ2) is 8.33. The Hall–Kier alpha value is -3.11. The van der Waals surface area contributed by atoms with Crippen molar-refractivity contribution in [2.45, 2.75) is 32.9 Å². The smallest absolute Gasteiger partial charge is 0.224 e. The van der Waals surface area contributed by atoms with E-state index in [2.05, 4.69) is 58.6 Å². The van der Waals surface area contributed by atoms with Crippen molar-refractivity contribution in [3.8, 4) is 6.07 Å². The average molecular weight is 405 g/mol. The number of aromatic nitrogens is 1. The van der Waals surface area contributed by atoms with Crippen LogP contribution in [0.3, 0.4) is 0 Å². The van der Waals surface area contributed by atoms with Gasteiger partial charge in [-0.15, -0.1) is 0 Å². The maximum absolute atomic E-state index is 12.5. The lowest BCUT2D eigenvalue weighted by atomic mass is 9.82. The van der Waals surface area contributed by atoms with Crippen LogP contribution in [0.25, 0.3) is 0 Å². The van der Waals surface area contributed by atoms with Gasteiger partial charge in [-0.25, -0.2) is 4.98 Å². The van der Waals surface area contributed by atoms with E-state index in [0.717, 1.165) is 43.2 Å². The number of carbonyl (C=O) groups excluding carboxylic acids is 1. The van der Waals surface area contributed by atoms with E-state index >= 15 is 0 Å². The third kappa shape index (κ3) is 3.71. The maximum Gasteiger partial charge on any atom is 0.224 e. The molecule has 7 nitrogen and oxygen atoms in total. The zero-order valence-electron chi connectivity index (χ0n) is 17.7. The Balaban J connectivity index is 1.74. The molecule has 4 rings (SSSR count). The number of nitrogens with zero attached hydrogens (tertiary/aromatic N) is 4. The summed E-state index contributed by atoms with van der Waals surface area (Å²) in [4.78, 5) is 21.2. The van der Waals surface area contributed by atoms with Crippen LogP contribution in [0.2, 0.25) is 0 Å². The zero-order valence-corrected chi connectivity index (χ0v) is 17.7. The van der Waals surface area contributed by atoms with Crippen LogP contribution in [-0.2, 0) is 4.79 Å². The Kier molecular flexibility index (Phi) is 5.60. The van der Waals surface area contributed by atoms with E-state index in [-0.39, 0.29) is 23.9 Å². The van der Waals surface area contributed by atoms with Crippen molar-refractivity contribution in [1.29, 1.82) is 5.26 Å². The molecule has 2 aromatic rings. The Morgan fingerprint density at radius 2 is 2.00 bits per heavy atom. The quantitative estimate of drug-likeness (QED) is 0.818. The largest absolute Gasteiger partial charge is 0.369 e. The van der Waals surface area contributed by atoms with Gasteiger partial charge in [0.1, 0.15) is 11.9 Å². The fourth-order valence-corrected chi connectivity index (χ4v) is 4.52. The molecular formula is C23H28N6O. The lowest BCUT2D eigenvalue weighted by molar-refractivity contribution is -0.117. The van der Waals surface area contributed by atoms with Gasteiger partial charge < -0.3 is 20.4 Å². The Bertz CT molecular complexity index is 961. The van der Waals surface area contributed by atoms with Crippen LogP contribution < -0.4 is 20.4 Å². The van der Waals surface area contributed by atoms with Crippen LogP contribution >= 0.6 is 0 Å². The molecule has 2 N–H and O–H groups in total. The van der Waals surface area contributed by atoms with Crippen LogP contribution in [0.5, 0.6) is 0 Å². The Labute approximate surface area is 177 Å². The van der Waals surface area contributed by atoms with E-state index in [1.54, 1.807) is 19.2 Å². The van der Waals surface area contributed by atoms with E-state index in [1.165, 1.54) is 5.69 Å². The van der Waals surface area contributed by atoms with Gasteiger partial charge in [-0.1, -0.05) is 6.92 Å². The first kappa shape index (κ1) is 20.2. The zero-order chi connectivity index (χ0) is 21.3. The molecule has 3 heterocycles. The van der Waals surface area contributed by atoms with E-state index in [1.807, 2.05) is 11.0 Å². The highest BCUT2D eigenvalue weighted by Gasteiger charge is 2.38. The summed E-state index contributed by atoms with van der Waals surface area (Å²) in [5.41, 5.74) is 3.78. The SMILES string of the molecule is CC(=O)N1c2ccc(N3CCNCC3)cc2[C@H](Nc2ccc(C#N)cn2)[C@@H](C)[C@@H]1C. The van der Waals surface area contributed by atoms with Gasteiger partial charge >= 0.3 is 0 Å². The molecule has 7 heteroatoms. The van der Waals surface area contributed by atoms with Crippen molar-refractivity contribution < 1.29 is 4.79 Å². The number of hydrogen-bond acceptors (Lipinski definition) is 6. The topological polar surface area (TPSA) is 84.3 Å². The number of hydrogen-bond donors (Lipinski definition) is 2. The van der Waals surface area contributed by atoms with Crippen LogP contribution in [0.1, 0.15) is 37.9 Å². The number of rotatable bonds is 3. The molecule has 1 aromatic heterocycles. The van der Waals surface area contributed by atoms with Crippen molar-refractivity contribution in [2.24, 2.45) is 5.92 Å². The maximum atomic E-state index is 12.5. The average Bonchev–Trinajstić information content (AvgIpc) is 2.77. The van der Waals surface area contributed by atoms with Gasteiger partial charge in [0, 0.05) is 68.2 Å². The first-order valence-corrected chi connectivity index (χ1v) is 10.5. The lowest BCUT2D eigenvalue weighted by Gasteiger charge is -2.44. The molecule has 0 bridgehead atoms. The summed E-state index contributed by atoms with van der Waals surface area (Å²) in [6.45, 7) is 9.78. The summed E-state index contributed by atoms with van der Waals surface area (Å²) < 4.78 is 0. The van der Waals surface area contributed by atoms with Crippen LogP contribution in [0.4, 0.5) is 17.2 Å². The highest BCUT2D eigenvalue weighted by atomic mass is 16.2. The molecule has 0 unspecified atom stereocenters. The number of amides is 1. The highest BCUT2D eigenvalue weighted by Crippen LogP contribution is 2.43. The molecule has 0 saturated carbocycles. The van der Waals surface area contributed by atoms with E-state index < -0.39 is 0 Å². The molecule has 1 saturated heterocycles. The van der Waals surface area contributed by atoms with Gasteiger partial charge in [0.2, 0.25) is 5.91 Å². The van der Waals surface area contributed by atoms with E-state index in [4.69, 9.17) is 5.26 Å². The van der Waals surface area contributed by atoms with Crippen LogP contribution in [-0.4, -0.2) is 43.1 Å². The molecule has 0 spiro atoms. The van der Waals surface area contributed by atoms with Gasteiger partial charge in [-0.2, -0.15) is 5.26 Å². The Morgan fingerprint density at radius 3 is 2.63 bits per heavy atom. The van der Waals surface area contributed by atoms with Gasteiger partial charge in [-0.3, -0.25) is 4.79 Å². The van der Waals surface area contributed by atoms with Gasteiger partial charge in [0.15, 0.2) is 0 Å². The summed E-state index contributed by atoms with van der Waals surface area (Å²) in [6.07, 6.45) is 1.58. The van der Waals surface area contributed by atoms with Crippen molar-refractivity contribution in [3.05, 3.63) is 47.7 Å². The normalized spacial score (nSPS) is 23.5. The third-order valence-corrected chi connectivity index (χ3v) is 6.32. The molecule has 2 aliphatic rings. The number of anilines is 3. The molecule has 2 aliphatic heterocycles. The second-order valence-electron chi connectivity index (χ2n) is 8.13. The van der Waals surface area contributed by atoms with Gasteiger partial charge in [0.25, 0.3) is 0 Å². The molecule has 0 aliphatic carbocycles. The number of nitriles is 1. The minimum atomic E-state index is 0.00824. The monoisotopic (exact) mass is 404 g/mol. The van der Waals surface area contributed by atoms with Crippen molar-refractivity contribution in [3.63, 3.8) is 0 Å². The molecule has 1 amide bonds. The molecule has 0 radical (unpaired) electrons. The van der Waals surface area contributed by atoms with Crippen molar-refractivity contribution >= 4 is 23.1 Å². The first-order valence-electron chi connectivity index (χ1n) is 10.5. The summed E-state index contributed by atoms with van der Waals surface area (Å²) >= 11 is 0. The summed E-state index contributed by atoms with van der Waals surface area (Å²) in [6, 6.07) is 12.2. The highest BCUT2D eigenvalue weighted by molar-refractivity contribution is 5.94. The Morgan fingerprint density at radius 1 is 1.23 bits per heavy atom. The fourth-order valence-electron chi connectivity index (χ4n) is 4.52. The second-order valence-corrected chi connectivity index (χ2v) is 8.13. The number of fused-ring (bicyclic) bond motifs is 1. The number of carbonyl (C=O) groups is 1. The predicted molar refractivity (Wildman–Crippen MR) is 119 cm³/mol. The number of pyridine rings is 1. The van der Waals surface area contributed by atoms with Crippen LogP contribution in [0, 0.1) is 17.2 Å². The molecular weight excluding hydrogens is 376 g/mol. The van der Waals surface area contributed by atoms with Crippen molar-refractivity contribution in [1.82, 2.24) is 10.3 Å². The fraction of sp³-hybridized carbons (Fsp3) is 0.435. The third-order valence-electron chi connectivity index (χ3n) is 6.32. The summed E-state index contributed by atoms with van der Waals surface area (Å²) in [5.74, 6) is 0.963. The first-order chi connectivity index (χ1) is 14.5. The number of nitrogens with one attached hydrogen (secondary N) is 2. The number of piperazine rings is 1. The predicted octanol–water partition coefficient (Wildman–Crippen LogP) is 2.91. The standard InChI is InChI=1S/C23H28N6O/c1-15-16(2)29(17(3)30)21-6-5-19(28-10-8-25-9-11-28)12-20(21)23(15)27-22-7-4-18(13-24)14-26-22/h4-7,12,14-16,23,25H,8-11H2,1-3H3,(H,26,27)/t15-,16-,23+/m0/s1. The van der Waals surface area contributed by atoms with E-state index in [0.29, 0.717) is 5.56 Å². The molecule has 156 valence electrons. The minimum Gasteiger partial charge on any atom is -0.369 e. The lowest BCUT2D eigenvalue weighted by Crippen LogP contribution is -2.48. The van der Waals surface area contributed by atoms with Gasteiger partial charge in [-0.05, 0) is 37.3 Å². The summed E-state index contributed by atoms with van der Waals surface area (Å²) in [7, 11) is 0. The van der Waals surface area contributed by atoms with Crippen LogP contribution in [0.15, 0.2) is 36.5 Å².